The molecule has 162 valence electrons. The fourth-order valence-electron chi connectivity index (χ4n) is 3.68. The maximum absolute atomic E-state index is 13.4. The van der Waals surface area contributed by atoms with Crippen LogP contribution in [-0.4, -0.2) is 22.2 Å². The molecule has 1 N–H and O–H groups in total. The third-order valence-electron chi connectivity index (χ3n) is 5.79. The smallest absolute Gasteiger partial charge is 0.347 e. The van der Waals surface area contributed by atoms with Gasteiger partial charge in [0.1, 0.15) is 37.2 Å². The van der Waals surface area contributed by atoms with Gasteiger partial charge in [0.2, 0.25) is 5.60 Å². The minimum Gasteiger partial charge on any atom is -0.459 e. The van der Waals surface area contributed by atoms with Gasteiger partial charge in [0, 0.05) is 6.92 Å². The lowest BCUT2D eigenvalue weighted by atomic mass is 9.86. The second-order valence-corrected chi connectivity index (χ2v) is 7.99. The molecule has 0 bridgehead atoms. The summed E-state index contributed by atoms with van der Waals surface area (Å²) >= 11 is 0. The zero-order chi connectivity index (χ0) is 22.0. The normalized spacial score (nSPS) is 13.9. The summed E-state index contributed by atoms with van der Waals surface area (Å²) in [6.07, 6.45) is 6.49. The number of esters is 1. The Morgan fingerprint density at radius 1 is 1.10 bits per heavy atom. The summed E-state index contributed by atoms with van der Waals surface area (Å²) in [5.41, 5.74) is -1.89. The van der Waals surface area contributed by atoms with E-state index in [0.29, 0.717) is 6.54 Å². The molecule has 1 aliphatic rings. The first-order chi connectivity index (χ1) is 14.9. The molecule has 2 aromatic carbocycles. The molecule has 5 nitrogen and oxygen atoms in total. The first kappa shape index (κ1) is 21.2. The van der Waals surface area contributed by atoms with E-state index < -0.39 is 23.2 Å². The Morgan fingerprint density at radius 2 is 1.65 bits per heavy atom. The van der Waals surface area contributed by atoms with Crippen molar-refractivity contribution < 1.29 is 28.0 Å². The molecule has 1 aliphatic carbocycles. The number of hydrogen-bond donors (Lipinski definition) is 1. The minimum absolute atomic E-state index is 0.0441. The number of hydrogen-bond acceptors (Lipinski definition) is 3. The highest BCUT2D eigenvalue weighted by Crippen LogP contribution is 2.32. The Bertz CT molecular complexity index is 1010. The van der Waals surface area contributed by atoms with Crippen LogP contribution >= 0.6 is 0 Å². The number of ether oxygens (including phenoxy) is 1. The number of halogens is 2. The predicted octanol–water partition coefficient (Wildman–Crippen LogP) is 3.25. The first-order valence-corrected chi connectivity index (χ1v) is 10.3. The lowest BCUT2D eigenvalue weighted by Gasteiger charge is -2.27. The zero-order valence-corrected chi connectivity index (χ0v) is 17.3. The molecule has 1 fully saturated rings. The third-order valence-corrected chi connectivity index (χ3v) is 5.79. The summed E-state index contributed by atoms with van der Waals surface area (Å²) in [4.78, 5) is 13.0. The molecule has 0 radical (unpaired) electrons. The number of imidazole rings is 1. The van der Waals surface area contributed by atoms with Crippen LogP contribution < -0.4 is 4.57 Å². The maximum atomic E-state index is 13.4. The van der Waals surface area contributed by atoms with E-state index in [0.717, 1.165) is 42.6 Å². The van der Waals surface area contributed by atoms with E-state index in [9.17, 15) is 18.7 Å². The number of benzene rings is 2. The summed E-state index contributed by atoms with van der Waals surface area (Å²) < 4.78 is 36.4. The van der Waals surface area contributed by atoms with Gasteiger partial charge >= 0.3 is 5.97 Å². The fourth-order valence-corrected chi connectivity index (χ4v) is 3.68. The molecule has 0 aliphatic heterocycles. The van der Waals surface area contributed by atoms with E-state index in [-0.39, 0.29) is 17.7 Å². The molecule has 1 aromatic heterocycles. The SMILES string of the molecule is Cc1n(CCOC(=O)C(O)(c2ccc(F)cc2)c2ccc(F)cc2)cc[n+]1CC1CC1. The van der Waals surface area contributed by atoms with Crippen molar-refractivity contribution >= 4 is 5.97 Å². The van der Waals surface area contributed by atoms with Crippen LogP contribution in [0.15, 0.2) is 60.9 Å². The highest BCUT2D eigenvalue weighted by molar-refractivity contribution is 5.85. The maximum Gasteiger partial charge on any atom is 0.347 e. The van der Waals surface area contributed by atoms with Crippen molar-refractivity contribution in [2.24, 2.45) is 5.92 Å². The van der Waals surface area contributed by atoms with E-state index in [1.54, 1.807) is 0 Å². The molecule has 1 heterocycles. The van der Waals surface area contributed by atoms with Crippen LogP contribution in [0.2, 0.25) is 0 Å². The second-order valence-electron chi connectivity index (χ2n) is 7.99. The van der Waals surface area contributed by atoms with Gasteiger partial charge in [0.25, 0.3) is 5.82 Å². The Hall–Kier alpha value is -3.06. The Labute approximate surface area is 179 Å². The Morgan fingerprint density at radius 3 is 2.16 bits per heavy atom. The van der Waals surface area contributed by atoms with Crippen molar-refractivity contribution in [3.63, 3.8) is 0 Å². The van der Waals surface area contributed by atoms with Crippen LogP contribution in [0.3, 0.4) is 0 Å². The molecule has 7 heteroatoms. The van der Waals surface area contributed by atoms with Gasteiger partial charge in [-0.05, 0) is 54.2 Å². The minimum atomic E-state index is -2.18. The summed E-state index contributed by atoms with van der Waals surface area (Å²) in [7, 11) is 0. The predicted molar refractivity (Wildman–Crippen MR) is 109 cm³/mol. The van der Waals surface area contributed by atoms with Crippen LogP contribution in [0.1, 0.15) is 29.8 Å². The topological polar surface area (TPSA) is 55.3 Å². The van der Waals surface area contributed by atoms with Crippen LogP contribution in [0.4, 0.5) is 8.78 Å². The lowest BCUT2D eigenvalue weighted by Crippen LogP contribution is -2.39. The highest BCUT2D eigenvalue weighted by Gasteiger charge is 2.42. The van der Waals surface area contributed by atoms with Gasteiger partial charge < -0.3 is 9.84 Å². The fraction of sp³-hybridized carbons (Fsp3) is 0.333. The van der Waals surface area contributed by atoms with Crippen molar-refractivity contribution in [1.29, 1.82) is 0 Å². The molecule has 0 unspecified atom stereocenters. The van der Waals surface area contributed by atoms with Crippen LogP contribution in [0.5, 0.6) is 0 Å². The monoisotopic (exact) mass is 427 g/mol. The third kappa shape index (κ3) is 4.51. The largest absolute Gasteiger partial charge is 0.459 e. The molecule has 0 amide bonds. The molecule has 3 aromatic rings. The standard InChI is InChI=1S/C24H25F2N2O3/c1-17-27(12-13-28(17)16-18-2-3-18)14-15-31-23(29)24(30,19-4-8-21(25)9-5-19)20-6-10-22(26)11-7-20/h4-13,18,30H,2-3,14-16H2,1H3/q+1. The summed E-state index contributed by atoms with van der Waals surface area (Å²) in [5.74, 6) is -0.0854. The molecule has 0 saturated heterocycles. The van der Waals surface area contributed by atoms with Crippen molar-refractivity contribution in [2.75, 3.05) is 6.61 Å². The van der Waals surface area contributed by atoms with Gasteiger partial charge in [-0.1, -0.05) is 24.3 Å². The van der Waals surface area contributed by atoms with E-state index >= 15 is 0 Å². The average molecular weight is 427 g/mol. The lowest BCUT2D eigenvalue weighted by molar-refractivity contribution is -0.705. The highest BCUT2D eigenvalue weighted by atomic mass is 19.1. The second kappa shape index (κ2) is 8.59. The quantitative estimate of drug-likeness (QED) is 0.444. The Kier molecular flexibility index (Phi) is 5.87. The molecular weight excluding hydrogens is 402 g/mol. The number of aliphatic hydroxyl groups is 1. The van der Waals surface area contributed by atoms with Crippen LogP contribution in [0.25, 0.3) is 0 Å². The number of carbonyl (C=O) groups excluding carboxylic acids is 1. The van der Waals surface area contributed by atoms with Crippen LogP contribution in [-0.2, 0) is 28.2 Å². The average Bonchev–Trinajstić information content (AvgIpc) is 3.52. The molecule has 1 saturated carbocycles. The van der Waals surface area contributed by atoms with E-state index in [1.807, 2.05) is 23.9 Å². The van der Waals surface area contributed by atoms with Gasteiger partial charge in [-0.2, -0.15) is 0 Å². The molecule has 0 atom stereocenters. The summed E-state index contributed by atoms with van der Waals surface area (Å²) in [6.45, 7) is 3.48. The van der Waals surface area contributed by atoms with E-state index in [4.69, 9.17) is 4.74 Å². The van der Waals surface area contributed by atoms with Gasteiger partial charge in [-0.3, -0.25) is 0 Å². The zero-order valence-electron chi connectivity index (χ0n) is 17.3. The summed E-state index contributed by atoms with van der Waals surface area (Å²) in [6, 6.07) is 9.87. The van der Waals surface area contributed by atoms with Crippen LogP contribution in [0, 0.1) is 24.5 Å². The van der Waals surface area contributed by atoms with Gasteiger partial charge in [0.05, 0.1) is 6.54 Å². The molecule has 0 spiro atoms. The van der Waals surface area contributed by atoms with E-state index in [2.05, 4.69) is 4.57 Å². The Balaban J connectivity index is 1.50. The number of carbonyl (C=O) groups is 1. The van der Waals surface area contributed by atoms with Crippen molar-refractivity contribution in [3.05, 3.63) is 89.5 Å². The van der Waals surface area contributed by atoms with Crippen molar-refractivity contribution in [1.82, 2.24) is 4.57 Å². The summed E-state index contributed by atoms with van der Waals surface area (Å²) in [5, 5.41) is 11.3. The number of aromatic nitrogens is 2. The molecule has 4 rings (SSSR count). The molecular formula is C24H25F2N2O3+. The van der Waals surface area contributed by atoms with Gasteiger partial charge in [-0.25, -0.2) is 22.7 Å². The van der Waals surface area contributed by atoms with Crippen molar-refractivity contribution in [2.45, 2.75) is 38.5 Å². The number of nitrogens with zero attached hydrogens (tertiary/aromatic N) is 2. The molecule has 31 heavy (non-hydrogen) atoms. The van der Waals surface area contributed by atoms with Gasteiger partial charge in [0.15, 0.2) is 0 Å². The van der Waals surface area contributed by atoms with Gasteiger partial charge in [-0.15, -0.1) is 0 Å². The number of rotatable bonds is 8. The van der Waals surface area contributed by atoms with E-state index in [1.165, 1.54) is 37.1 Å². The first-order valence-electron chi connectivity index (χ1n) is 10.3. The van der Waals surface area contributed by atoms with Crippen molar-refractivity contribution in [3.8, 4) is 0 Å².